The van der Waals surface area contributed by atoms with Crippen molar-refractivity contribution in [2.45, 2.75) is 103 Å². The molecule has 4 heteroatoms. The topological polar surface area (TPSA) is 46.9 Å². The van der Waals surface area contributed by atoms with E-state index in [9.17, 15) is 10.2 Å². The number of rotatable bonds is 19. The first kappa shape index (κ1) is 25.6. The Kier molecular flexibility index (Phi) is 17.0. The maximum Gasteiger partial charge on any atom is 0.0624 e. The third-order valence-corrected chi connectivity index (χ3v) is 6.02. The average molecular weight is 397 g/mol. The van der Waals surface area contributed by atoms with Crippen LogP contribution in [0.25, 0.3) is 0 Å². The third kappa shape index (κ3) is 12.2. The normalized spacial score (nSPS) is 16.7. The Hall–Kier alpha value is -0.420. The molecule has 0 saturated carbocycles. The summed E-state index contributed by atoms with van der Waals surface area (Å²) >= 11 is 0. The summed E-state index contributed by atoms with van der Waals surface area (Å²) in [6.45, 7) is 6.31. The Morgan fingerprint density at radius 2 is 1.14 bits per heavy atom. The largest absolute Gasteiger partial charge is 0.395 e. The molecule has 0 bridgehead atoms. The molecule has 1 aliphatic heterocycles. The minimum Gasteiger partial charge on any atom is -0.395 e. The van der Waals surface area contributed by atoms with Crippen molar-refractivity contribution in [3.05, 3.63) is 12.2 Å². The number of unbranched alkanes of at least 4 members (excludes halogenated alkanes) is 11. The first-order valence-corrected chi connectivity index (χ1v) is 12.2. The molecule has 1 heterocycles. The van der Waals surface area contributed by atoms with Crippen molar-refractivity contribution in [3.63, 3.8) is 0 Å². The zero-order chi connectivity index (χ0) is 20.3. The Morgan fingerprint density at radius 1 is 0.679 bits per heavy atom. The predicted molar refractivity (Wildman–Crippen MR) is 121 cm³/mol. The van der Waals surface area contributed by atoms with Gasteiger partial charge in [0.1, 0.15) is 0 Å². The van der Waals surface area contributed by atoms with E-state index >= 15 is 0 Å². The summed E-state index contributed by atoms with van der Waals surface area (Å²) in [5.74, 6) is 0. The van der Waals surface area contributed by atoms with Crippen LogP contribution in [0.2, 0.25) is 0 Å². The lowest BCUT2D eigenvalue weighted by molar-refractivity contribution is 0.0910. The smallest absolute Gasteiger partial charge is 0.0624 e. The lowest BCUT2D eigenvalue weighted by Crippen LogP contribution is -2.41. The van der Waals surface area contributed by atoms with Gasteiger partial charge in [0.05, 0.1) is 19.4 Å². The molecular weight excluding hydrogens is 348 g/mol. The lowest BCUT2D eigenvalue weighted by atomic mass is 10.1. The third-order valence-electron chi connectivity index (χ3n) is 6.02. The van der Waals surface area contributed by atoms with Crippen LogP contribution in [0.15, 0.2) is 12.2 Å². The van der Waals surface area contributed by atoms with Gasteiger partial charge in [-0.1, -0.05) is 76.9 Å². The van der Waals surface area contributed by atoms with Gasteiger partial charge in [-0.15, -0.1) is 0 Å². The highest BCUT2D eigenvalue weighted by Gasteiger charge is 2.30. The summed E-state index contributed by atoms with van der Waals surface area (Å²) in [5.41, 5.74) is 0. The van der Waals surface area contributed by atoms with Gasteiger partial charge in [0.15, 0.2) is 0 Å². The Labute approximate surface area is 175 Å². The molecule has 0 atom stereocenters. The molecule has 0 amide bonds. The summed E-state index contributed by atoms with van der Waals surface area (Å²) < 4.78 is 0. The first-order valence-electron chi connectivity index (χ1n) is 12.2. The molecule has 0 unspecified atom stereocenters. The van der Waals surface area contributed by atoms with E-state index in [4.69, 9.17) is 0 Å². The van der Waals surface area contributed by atoms with Crippen molar-refractivity contribution in [2.24, 2.45) is 0 Å². The lowest BCUT2D eigenvalue weighted by Gasteiger charge is -2.29. The highest BCUT2D eigenvalue weighted by atomic mass is 16.3. The fourth-order valence-electron chi connectivity index (χ4n) is 4.33. The minimum absolute atomic E-state index is 0.232. The number of hydrogen-bond donors (Lipinski definition) is 2. The highest BCUT2D eigenvalue weighted by Crippen LogP contribution is 2.20. The fourth-order valence-corrected chi connectivity index (χ4v) is 4.33. The fraction of sp³-hybridized carbons (Fsp3) is 0.917. The maximum absolute atomic E-state index is 9.25. The van der Waals surface area contributed by atoms with E-state index in [0.717, 1.165) is 32.6 Å². The molecule has 0 spiro atoms. The van der Waals surface area contributed by atoms with Gasteiger partial charge in [-0.2, -0.15) is 0 Å². The van der Waals surface area contributed by atoms with Crippen LogP contribution in [0.5, 0.6) is 0 Å². The standard InChI is InChI=1S/C24H48N2O2/c1-2-3-4-5-6-7-8-9-10-11-12-13-14-15-16-17-24-25(20-22-27)18-19-26(24)21-23-28/h9-10,24,27-28H,2-8,11-23H2,1H3/b10-9+. The SMILES string of the molecule is CCCCCCCC/C=C/CCCCCCCC1N(CCO)CCN1CCO. The van der Waals surface area contributed by atoms with Crippen LogP contribution in [0.1, 0.15) is 96.8 Å². The van der Waals surface area contributed by atoms with Crippen LogP contribution in [0.4, 0.5) is 0 Å². The molecule has 28 heavy (non-hydrogen) atoms. The summed E-state index contributed by atoms with van der Waals surface area (Å²) in [7, 11) is 0. The van der Waals surface area contributed by atoms with Gasteiger partial charge in [-0.3, -0.25) is 9.80 Å². The number of hydrogen-bond acceptors (Lipinski definition) is 4. The molecule has 2 N–H and O–H groups in total. The van der Waals surface area contributed by atoms with Crippen molar-refractivity contribution in [3.8, 4) is 0 Å². The second-order valence-electron chi connectivity index (χ2n) is 8.37. The summed E-state index contributed by atoms with van der Waals surface area (Å²) in [6, 6.07) is 0. The molecule has 1 rings (SSSR count). The number of aliphatic hydroxyl groups excluding tert-OH is 2. The number of aliphatic hydroxyl groups is 2. The van der Waals surface area contributed by atoms with Crippen LogP contribution >= 0.6 is 0 Å². The van der Waals surface area contributed by atoms with E-state index in [1.807, 2.05) is 0 Å². The molecule has 4 nitrogen and oxygen atoms in total. The zero-order valence-corrected chi connectivity index (χ0v) is 18.7. The molecule has 0 aromatic heterocycles. The zero-order valence-electron chi connectivity index (χ0n) is 18.7. The minimum atomic E-state index is 0.232. The van der Waals surface area contributed by atoms with Gasteiger partial charge in [-0.05, 0) is 32.1 Å². The maximum atomic E-state index is 9.25. The summed E-state index contributed by atoms with van der Waals surface area (Å²) in [6.07, 6.45) is 23.8. The molecule has 1 aliphatic rings. The number of nitrogens with zero attached hydrogens (tertiary/aromatic N) is 2. The van der Waals surface area contributed by atoms with Crippen molar-refractivity contribution in [1.82, 2.24) is 9.80 Å². The van der Waals surface area contributed by atoms with Crippen molar-refractivity contribution < 1.29 is 10.2 Å². The number of allylic oxidation sites excluding steroid dienone is 2. The Balaban J connectivity index is 1.95. The average Bonchev–Trinajstić information content (AvgIpc) is 3.07. The van der Waals surface area contributed by atoms with Gasteiger partial charge in [0.25, 0.3) is 0 Å². The molecule has 0 aliphatic carbocycles. The van der Waals surface area contributed by atoms with Crippen LogP contribution in [-0.2, 0) is 0 Å². The molecule has 1 saturated heterocycles. The quantitative estimate of drug-likeness (QED) is 0.239. The Bertz CT molecular complexity index is 349. The van der Waals surface area contributed by atoms with Crippen LogP contribution in [0, 0.1) is 0 Å². The second-order valence-corrected chi connectivity index (χ2v) is 8.37. The second kappa shape index (κ2) is 18.6. The molecule has 166 valence electrons. The highest BCUT2D eigenvalue weighted by molar-refractivity contribution is 4.82. The van der Waals surface area contributed by atoms with Crippen molar-refractivity contribution in [1.29, 1.82) is 0 Å². The van der Waals surface area contributed by atoms with E-state index in [0.29, 0.717) is 6.17 Å². The summed E-state index contributed by atoms with van der Waals surface area (Å²) in [5, 5.41) is 18.5. The van der Waals surface area contributed by atoms with E-state index in [2.05, 4.69) is 28.9 Å². The molecule has 0 aromatic rings. The molecule has 1 fully saturated rings. The van der Waals surface area contributed by atoms with Crippen LogP contribution in [-0.4, -0.2) is 65.6 Å². The van der Waals surface area contributed by atoms with Gasteiger partial charge < -0.3 is 10.2 Å². The van der Waals surface area contributed by atoms with Gasteiger partial charge in [-0.25, -0.2) is 0 Å². The monoisotopic (exact) mass is 396 g/mol. The molecule has 0 aromatic carbocycles. The van der Waals surface area contributed by atoms with Gasteiger partial charge in [0.2, 0.25) is 0 Å². The molecular formula is C24H48N2O2. The first-order chi connectivity index (χ1) is 13.8. The van der Waals surface area contributed by atoms with Gasteiger partial charge >= 0.3 is 0 Å². The Morgan fingerprint density at radius 3 is 1.64 bits per heavy atom. The van der Waals surface area contributed by atoms with E-state index in [1.165, 1.54) is 83.5 Å². The summed E-state index contributed by atoms with van der Waals surface area (Å²) in [4.78, 5) is 4.76. The van der Waals surface area contributed by atoms with E-state index in [-0.39, 0.29) is 13.2 Å². The van der Waals surface area contributed by atoms with Crippen LogP contribution in [0.3, 0.4) is 0 Å². The van der Waals surface area contributed by atoms with Crippen molar-refractivity contribution in [2.75, 3.05) is 39.4 Å². The predicted octanol–water partition coefficient (Wildman–Crippen LogP) is 4.95. The van der Waals surface area contributed by atoms with E-state index in [1.54, 1.807) is 0 Å². The van der Waals surface area contributed by atoms with E-state index < -0.39 is 0 Å². The number of β-amino-alcohol motifs (C(OH)–C–C–N with tert-alkyl or cyclic N) is 2. The van der Waals surface area contributed by atoms with Crippen LogP contribution < -0.4 is 0 Å². The molecule has 0 radical (unpaired) electrons. The van der Waals surface area contributed by atoms with Crippen molar-refractivity contribution >= 4 is 0 Å². The van der Waals surface area contributed by atoms with Gasteiger partial charge in [0, 0.05) is 26.2 Å².